The van der Waals surface area contributed by atoms with Crippen molar-refractivity contribution in [3.8, 4) is 0 Å². The Morgan fingerprint density at radius 2 is 2.06 bits per heavy atom. The zero-order valence-corrected chi connectivity index (χ0v) is 12.2. The van der Waals surface area contributed by atoms with Gasteiger partial charge >= 0.3 is 0 Å². The summed E-state index contributed by atoms with van der Waals surface area (Å²) in [5.74, 6) is 1.36. The van der Waals surface area contributed by atoms with E-state index in [1.54, 1.807) is 0 Å². The molecule has 0 atom stereocenters. The molecule has 2 rings (SSSR count). The number of nitrogens with zero attached hydrogens (tertiary/aromatic N) is 5. The molecule has 6 heteroatoms. The zero-order valence-electron chi connectivity index (χ0n) is 11.4. The largest absolute Gasteiger partial charge is 0.311 e. The summed E-state index contributed by atoms with van der Waals surface area (Å²) in [7, 11) is 6.10. The minimum Gasteiger partial charge on any atom is -0.311 e. The van der Waals surface area contributed by atoms with Gasteiger partial charge in [0.1, 0.15) is 11.3 Å². The van der Waals surface area contributed by atoms with Gasteiger partial charge < -0.3 is 9.47 Å². The van der Waals surface area contributed by atoms with Crippen LogP contribution in [0.2, 0.25) is 0 Å². The van der Waals surface area contributed by atoms with E-state index in [2.05, 4.69) is 40.6 Å². The van der Waals surface area contributed by atoms with Gasteiger partial charge in [-0.1, -0.05) is 6.92 Å². The first-order chi connectivity index (χ1) is 8.58. The van der Waals surface area contributed by atoms with E-state index in [0.29, 0.717) is 5.88 Å². The summed E-state index contributed by atoms with van der Waals surface area (Å²) in [4.78, 5) is 6.78. The fourth-order valence-electron chi connectivity index (χ4n) is 2.16. The van der Waals surface area contributed by atoms with Crippen LogP contribution in [0.25, 0.3) is 11.2 Å². The van der Waals surface area contributed by atoms with Crippen LogP contribution in [0.15, 0.2) is 0 Å². The molecule has 100 valence electrons. The minimum atomic E-state index is 0.436. The van der Waals surface area contributed by atoms with Gasteiger partial charge in [0, 0.05) is 20.1 Å². The van der Waals surface area contributed by atoms with E-state index in [4.69, 9.17) is 11.6 Å². The number of aryl methyl sites for hydroxylation is 2. The van der Waals surface area contributed by atoms with E-state index in [-0.39, 0.29) is 0 Å². The predicted molar refractivity (Wildman–Crippen MR) is 74.0 cm³/mol. The van der Waals surface area contributed by atoms with Gasteiger partial charge in [-0.05, 0) is 20.5 Å². The van der Waals surface area contributed by atoms with Gasteiger partial charge in [0.2, 0.25) is 0 Å². The van der Waals surface area contributed by atoms with Gasteiger partial charge in [0.15, 0.2) is 5.65 Å². The lowest BCUT2D eigenvalue weighted by Gasteiger charge is -2.12. The van der Waals surface area contributed by atoms with Crippen molar-refractivity contribution >= 4 is 22.8 Å². The maximum atomic E-state index is 6.00. The molecule has 18 heavy (non-hydrogen) atoms. The maximum absolute atomic E-state index is 6.00. The number of likely N-dealkylation sites (N-methyl/N-ethyl adjacent to an activating group) is 1. The lowest BCUT2D eigenvalue weighted by Crippen LogP contribution is -2.20. The summed E-state index contributed by atoms with van der Waals surface area (Å²) in [6.45, 7) is 3.94. The SMILES string of the molecule is CCc1nn(C)c2c1nc(CCl)n2CCN(C)C. The Morgan fingerprint density at radius 1 is 1.33 bits per heavy atom. The van der Waals surface area contributed by atoms with Crippen LogP contribution in [0.3, 0.4) is 0 Å². The highest BCUT2D eigenvalue weighted by Crippen LogP contribution is 2.21. The summed E-state index contributed by atoms with van der Waals surface area (Å²) >= 11 is 6.00. The number of imidazole rings is 1. The number of hydrogen-bond acceptors (Lipinski definition) is 3. The van der Waals surface area contributed by atoms with Crippen molar-refractivity contribution in [3.05, 3.63) is 11.5 Å². The van der Waals surface area contributed by atoms with Crippen molar-refractivity contribution in [1.82, 2.24) is 24.2 Å². The molecule has 5 nitrogen and oxygen atoms in total. The molecule has 2 aromatic rings. The van der Waals surface area contributed by atoms with Crippen molar-refractivity contribution in [2.45, 2.75) is 25.8 Å². The lowest BCUT2D eigenvalue weighted by atomic mass is 10.3. The van der Waals surface area contributed by atoms with Gasteiger partial charge in [-0.3, -0.25) is 4.68 Å². The minimum absolute atomic E-state index is 0.436. The molecular formula is C12H20ClN5. The third-order valence-electron chi connectivity index (χ3n) is 3.10. The molecule has 0 bridgehead atoms. The highest BCUT2D eigenvalue weighted by Gasteiger charge is 2.17. The quantitative estimate of drug-likeness (QED) is 0.775. The van der Waals surface area contributed by atoms with Crippen LogP contribution >= 0.6 is 11.6 Å². The smallest absolute Gasteiger partial charge is 0.158 e. The first kappa shape index (κ1) is 13.4. The molecule has 0 aliphatic heterocycles. The summed E-state index contributed by atoms with van der Waals surface area (Å²) in [5, 5.41) is 4.51. The highest BCUT2D eigenvalue weighted by molar-refractivity contribution is 6.16. The Labute approximate surface area is 112 Å². The molecule has 0 aromatic carbocycles. The second kappa shape index (κ2) is 5.28. The monoisotopic (exact) mass is 269 g/mol. The molecule has 2 heterocycles. The number of rotatable bonds is 5. The van der Waals surface area contributed by atoms with Crippen molar-refractivity contribution in [1.29, 1.82) is 0 Å². The Hall–Kier alpha value is -1.07. The number of aromatic nitrogens is 4. The van der Waals surface area contributed by atoms with E-state index in [9.17, 15) is 0 Å². The maximum Gasteiger partial charge on any atom is 0.158 e. The van der Waals surface area contributed by atoms with E-state index in [1.165, 1.54) is 0 Å². The Kier molecular flexibility index (Phi) is 3.92. The third kappa shape index (κ3) is 2.24. The Balaban J connectivity index is 2.50. The van der Waals surface area contributed by atoms with Gasteiger partial charge in [0.25, 0.3) is 0 Å². The van der Waals surface area contributed by atoms with E-state index in [1.807, 2.05) is 11.7 Å². The molecular weight excluding hydrogens is 250 g/mol. The topological polar surface area (TPSA) is 38.9 Å². The van der Waals surface area contributed by atoms with Crippen molar-refractivity contribution in [2.75, 3.05) is 20.6 Å². The van der Waals surface area contributed by atoms with E-state index >= 15 is 0 Å². The first-order valence-electron chi connectivity index (χ1n) is 6.20. The van der Waals surface area contributed by atoms with Gasteiger partial charge in [0.05, 0.1) is 11.6 Å². The summed E-state index contributed by atoms with van der Waals surface area (Å²) in [6.07, 6.45) is 0.893. The van der Waals surface area contributed by atoms with Crippen molar-refractivity contribution < 1.29 is 0 Å². The molecule has 0 amide bonds. The lowest BCUT2D eigenvalue weighted by molar-refractivity contribution is 0.383. The number of hydrogen-bond donors (Lipinski definition) is 0. The second-order valence-corrected chi connectivity index (χ2v) is 4.98. The molecule has 0 spiro atoms. The normalized spacial score (nSPS) is 11.9. The fourth-order valence-corrected chi connectivity index (χ4v) is 2.37. The second-order valence-electron chi connectivity index (χ2n) is 4.71. The molecule has 0 unspecified atom stereocenters. The van der Waals surface area contributed by atoms with Gasteiger partial charge in [-0.15, -0.1) is 11.6 Å². The highest BCUT2D eigenvalue weighted by atomic mass is 35.5. The van der Waals surface area contributed by atoms with Gasteiger partial charge in [-0.2, -0.15) is 5.10 Å². The summed E-state index contributed by atoms with van der Waals surface area (Å²) < 4.78 is 4.08. The number of halogens is 1. The zero-order chi connectivity index (χ0) is 13.3. The third-order valence-corrected chi connectivity index (χ3v) is 3.33. The van der Waals surface area contributed by atoms with Gasteiger partial charge in [-0.25, -0.2) is 4.98 Å². The summed E-state index contributed by atoms with van der Waals surface area (Å²) in [5.41, 5.74) is 3.11. The molecule has 0 aliphatic carbocycles. The van der Waals surface area contributed by atoms with Crippen LogP contribution in [0.5, 0.6) is 0 Å². The summed E-state index contributed by atoms with van der Waals surface area (Å²) in [6, 6.07) is 0. The first-order valence-corrected chi connectivity index (χ1v) is 6.73. The Morgan fingerprint density at radius 3 is 2.61 bits per heavy atom. The fraction of sp³-hybridized carbons (Fsp3) is 0.667. The van der Waals surface area contributed by atoms with Crippen LogP contribution in [-0.2, 0) is 25.9 Å². The van der Waals surface area contributed by atoms with Crippen molar-refractivity contribution in [2.24, 2.45) is 7.05 Å². The molecule has 0 saturated heterocycles. The number of fused-ring (bicyclic) bond motifs is 1. The van der Waals surface area contributed by atoms with Crippen LogP contribution < -0.4 is 0 Å². The van der Waals surface area contributed by atoms with Crippen molar-refractivity contribution in [3.63, 3.8) is 0 Å². The standard InChI is InChI=1S/C12H20ClN5/c1-5-9-11-12(17(4)15-9)18(7-6-16(2)3)10(8-13)14-11/h5-8H2,1-4H3. The molecule has 0 saturated carbocycles. The average Bonchev–Trinajstić information content (AvgIpc) is 2.84. The van der Waals surface area contributed by atoms with Crippen LogP contribution in [0.1, 0.15) is 18.4 Å². The van der Waals surface area contributed by atoms with Crippen LogP contribution in [0.4, 0.5) is 0 Å². The van der Waals surface area contributed by atoms with E-state index < -0.39 is 0 Å². The Bertz CT molecular complexity index is 540. The molecule has 0 fully saturated rings. The predicted octanol–water partition coefficient (Wildman–Crippen LogP) is 1.63. The average molecular weight is 270 g/mol. The van der Waals surface area contributed by atoms with E-state index in [0.717, 1.165) is 42.2 Å². The van der Waals surface area contributed by atoms with Crippen LogP contribution in [0, 0.1) is 0 Å². The molecule has 0 N–H and O–H groups in total. The molecule has 0 aliphatic rings. The molecule has 2 aromatic heterocycles. The number of alkyl halides is 1. The molecule has 0 radical (unpaired) electrons. The van der Waals surface area contributed by atoms with Crippen LogP contribution in [-0.4, -0.2) is 44.9 Å².